The molecular formula is C19H14Cl2N2O2. The molecule has 3 aromatic rings. The van der Waals surface area contributed by atoms with E-state index in [1.54, 1.807) is 36.4 Å². The third-order valence-electron chi connectivity index (χ3n) is 3.39. The Balaban J connectivity index is 1.69. The number of furan rings is 1. The molecule has 0 saturated heterocycles. The molecule has 0 bridgehead atoms. The van der Waals surface area contributed by atoms with Crippen molar-refractivity contribution < 1.29 is 9.21 Å². The van der Waals surface area contributed by atoms with Crippen molar-refractivity contribution in [3.63, 3.8) is 0 Å². The zero-order chi connectivity index (χ0) is 17.8. The topological polar surface area (TPSA) is 68.3 Å². The fraction of sp³-hybridized carbons (Fsp3) is 0. The van der Waals surface area contributed by atoms with Crippen molar-refractivity contribution in [3.8, 4) is 11.3 Å². The maximum Gasteiger partial charge on any atom is 0.248 e. The third kappa shape index (κ3) is 4.44. The van der Waals surface area contributed by atoms with Gasteiger partial charge in [0.05, 0.1) is 10.7 Å². The van der Waals surface area contributed by atoms with E-state index in [4.69, 9.17) is 33.4 Å². The van der Waals surface area contributed by atoms with Crippen molar-refractivity contribution in [3.05, 3.63) is 76.5 Å². The van der Waals surface area contributed by atoms with Crippen LogP contribution in [-0.2, 0) is 4.79 Å². The fourth-order valence-corrected chi connectivity index (χ4v) is 2.63. The minimum absolute atomic E-state index is 0.327. The van der Waals surface area contributed by atoms with E-state index in [-0.39, 0.29) is 5.91 Å². The molecule has 1 aromatic heterocycles. The van der Waals surface area contributed by atoms with Crippen LogP contribution in [0.2, 0.25) is 10.0 Å². The summed E-state index contributed by atoms with van der Waals surface area (Å²) in [6.07, 6.45) is 2.95. The number of carbonyl (C=O) groups is 1. The number of hydrogen-bond donors (Lipinski definition) is 2. The molecule has 0 fully saturated rings. The Morgan fingerprint density at radius 3 is 2.68 bits per heavy atom. The highest BCUT2D eigenvalue weighted by atomic mass is 35.5. The Labute approximate surface area is 154 Å². The number of nitrogens with one attached hydrogen (secondary N) is 1. The quantitative estimate of drug-likeness (QED) is 0.470. The van der Waals surface area contributed by atoms with Crippen LogP contribution in [0.5, 0.6) is 0 Å². The molecule has 0 aliphatic carbocycles. The average molecular weight is 373 g/mol. The molecule has 0 aliphatic rings. The summed E-state index contributed by atoms with van der Waals surface area (Å²) in [6, 6.07) is 15.8. The molecule has 0 saturated carbocycles. The Bertz CT molecular complexity index is 948. The number of benzene rings is 2. The normalized spacial score (nSPS) is 11.0. The average Bonchev–Trinajstić information content (AvgIpc) is 3.05. The van der Waals surface area contributed by atoms with Crippen LogP contribution in [0.15, 0.2) is 65.1 Å². The van der Waals surface area contributed by atoms with E-state index in [0.29, 0.717) is 32.9 Å². The standard InChI is InChI=1S/C19H14Cl2N2O2/c20-13-3-1-2-12(10-13)18-8-5-15(25-18)6-9-19(24)23-17-7-4-14(22)11-16(17)21/h1-11H,22H2,(H,23,24)/b9-6+. The number of nitrogen functional groups attached to an aromatic ring is 1. The number of rotatable bonds is 4. The summed E-state index contributed by atoms with van der Waals surface area (Å²) in [4.78, 5) is 12.0. The molecule has 2 aromatic carbocycles. The molecule has 3 N–H and O–H groups in total. The number of hydrogen-bond acceptors (Lipinski definition) is 3. The smallest absolute Gasteiger partial charge is 0.248 e. The second-order valence-electron chi connectivity index (χ2n) is 5.27. The number of carbonyl (C=O) groups excluding carboxylic acids is 1. The molecule has 0 atom stereocenters. The summed E-state index contributed by atoms with van der Waals surface area (Å²) in [5.74, 6) is 0.894. The summed E-state index contributed by atoms with van der Waals surface area (Å²) in [5.41, 5.74) is 7.51. The van der Waals surface area contributed by atoms with Crippen molar-refractivity contribution >= 4 is 46.6 Å². The molecule has 0 aliphatic heterocycles. The van der Waals surface area contributed by atoms with Gasteiger partial charge < -0.3 is 15.5 Å². The SMILES string of the molecule is Nc1ccc(NC(=O)/C=C/c2ccc(-c3cccc(Cl)c3)o2)c(Cl)c1. The number of halogens is 2. The monoisotopic (exact) mass is 372 g/mol. The van der Waals surface area contributed by atoms with Gasteiger partial charge >= 0.3 is 0 Å². The first kappa shape index (κ1) is 17.1. The maximum absolute atomic E-state index is 12.0. The van der Waals surface area contributed by atoms with E-state index in [2.05, 4.69) is 5.32 Å². The maximum atomic E-state index is 12.0. The van der Waals surface area contributed by atoms with Gasteiger partial charge in [-0.15, -0.1) is 0 Å². The van der Waals surface area contributed by atoms with Crippen LogP contribution in [0.3, 0.4) is 0 Å². The van der Waals surface area contributed by atoms with Crippen LogP contribution in [0, 0.1) is 0 Å². The lowest BCUT2D eigenvalue weighted by Gasteiger charge is -2.05. The molecule has 25 heavy (non-hydrogen) atoms. The zero-order valence-corrected chi connectivity index (χ0v) is 14.5. The molecule has 1 amide bonds. The molecule has 6 heteroatoms. The lowest BCUT2D eigenvalue weighted by molar-refractivity contribution is -0.111. The zero-order valence-electron chi connectivity index (χ0n) is 13.0. The van der Waals surface area contributed by atoms with E-state index in [0.717, 1.165) is 5.56 Å². The van der Waals surface area contributed by atoms with Gasteiger partial charge in [0.2, 0.25) is 5.91 Å². The van der Waals surface area contributed by atoms with Gasteiger partial charge in [0.1, 0.15) is 11.5 Å². The van der Waals surface area contributed by atoms with E-state index in [1.807, 2.05) is 24.3 Å². The van der Waals surface area contributed by atoms with Crippen LogP contribution in [0.4, 0.5) is 11.4 Å². The first-order valence-electron chi connectivity index (χ1n) is 7.41. The van der Waals surface area contributed by atoms with Gasteiger partial charge in [0.15, 0.2) is 0 Å². The third-order valence-corrected chi connectivity index (χ3v) is 3.93. The minimum atomic E-state index is -0.327. The van der Waals surface area contributed by atoms with Crippen molar-refractivity contribution in [1.82, 2.24) is 0 Å². The van der Waals surface area contributed by atoms with Crippen LogP contribution in [-0.4, -0.2) is 5.91 Å². The number of amides is 1. The van der Waals surface area contributed by atoms with Crippen molar-refractivity contribution in [1.29, 1.82) is 0 Å². The minimum Gasteiger partial charge on any atom is -0.457 e. The van der Waals surface area contributed by atoms with Gasteiger partial charge in [0, 0.05) is 22.3 Å². The van der Waals surface area contributed by atoms with Crippen molar-refractivity contribution in [2.45, 2.75) is 0 Å². The summed E-state index contributed by atoms with van der Waals surface area (Å²) in [6.45, 7) is 0. The summed E-state index contributed by atoms with van der Waals surface area (Å²) in [5, 5.41) is 3.69. The molecule has 4 nitrogen and oxygen atoms in total. The van der Waals surface area contributed by atoms with Crippen LogP contribution < -0.4 is 11.1 Å². The number of anilines is 2. The molecule has 126 valence electrons. The molecule has 0 unspecified atom stereocenters. The Morgan fingerprint density at radius 1 is 1.08 bits per heavy atom. The molecule has 0 radical (unpaired) electrons. The lowest BCUT2D eigenvalue weighted by atomic mass is 10.2. The van der Waals surface area contributed by atoms with Crippen molar-refractivity contribution in [2.75, 3.05) is 11.1 Å². The summed E-state index contributed by atoms with van der Waals surface area (Å²) >= 11 is 12.0. The van der Waals surface area contributed by atoms with Gasteiger partial charge in [-0.05, 0) is 48.5 Å². The van der Waals surface area contributed by atoms with E-state index < -0.39 is 0 Å². The van der Waals surface area contributed by atoms with Crippen LogP contribution in [0.1, 0.15) is 5.76 Å². The first-order valence-corrected chi connectivity index (χ1v) is 8.17. The highest BCUT2D eigenvalue weighted by Gasteiger charge is 2.06. The van der Waals surface area contributed by atoms with Crippen LogP contribution in [0.25, 0.3) is 17.4 Å². The molecule has 3 rings (SSSR count). The van der Waals surface area contributed by atoms with E-state index >= 15 is 0 Å². The van der Waals surface area contributed by atoms with Gasteiger partial charge in [-0.3, -0.25) is 4.79 Å². The lowest BCUT2D eigenvalue weighted by Crippen LogP contribution is -2.08. The summed E-state index contributed by atoms with van der Waals surface area (Å²) < 4.78 is 5.70. The summed E-state index contributed by atoms with van der Waals surface area (Å²) in [7, 11) is 0. The Hall–Kier alpha value is -2.69. The molecule has 0 spiro atoms. The van der Waals surface area contributed by atoms with Gasteiger partial charge in [-0.2, -0.15) is 0 Å². The predicted octanol–water partition coefficient (Wildman–Crippen LogP) is 5.49. The van der Waals surface area contributed by atoms with Gasteiger partial charge in [0.25, 0.3) is 0 Å². The molecular weight excluding hydrogens is 359 g/mol. The fourth-order valence-electron chi connectivity index (χ4n) is 2.20. The Kier molecular flexibility index (Phi) is 5.12. The highest BCUT2D eigenvalue weighted by molar-refractivity contribution is 6.34. The van der Waals surface area contributed by atoms with Crippen molar-refractivity contribution in [2.24, 2.45) is 0 Å². The first-order chi connectivity index (χ1) is 12.0. The van der Waals surface area contributed by atoms with Crippen LogP contribution >= 0.6 is 23.2 Å². The van der Waals surface area contributed by atoms with E-state index in [9.17, 15) is 4.79 Å². The largest absolute Gasteiger partial charge is 0.457 e. The van der Waals surface area contributed by atoms with E-state index in [1.165, 1.54) is 6.08 Å². The predicted molar refractivity (Wildman–Crippen MR) is 103 cm³/mol. The molecule has 1 heterocycles. The van der Waals surface area contributed by atoms with Gasteiger partial charge in [-0.25, -0.2) is 0 Å². The Morgan fingerprint density at radius 2 is 1.92 bits per heavy atom. The highest BCUT2D eigenvalue weighted by Crippen LogP contribution is 2.26. The second-order valence-corrected chi connectivity index (χ2v) is 6.12. The number of nitrogens with two attached hydrogens (primary N) is 1. The van der Waals surface area contributed by atoms with Gasteiger partial charge in [-0.1, -0.05) is 35.3 Å². The second kappa shape index (κ2) is 7.47.